The van der Waals surface area contributed by atoms with Crippen LogP contribution in [0.4, 0.5) is 0 Å². The average Bonchev–Trinajstić information content (AvgIpc) is 3.54. The summed E-state index contributed by atoms with van der Waals surface area (Å²) in [5.41, 5.74) is 0. The minimum absolute atomic E-state index is 0.104. The maximum Gasteiger partial charge on any atom is 0.472 e. The first-order chi connectivity index (χ1) is 40.6. The zero-order valence-electron chi connectivity index (χ0n) is 55.2. The van der Waals surface area contributed by atoms with E-state index in [1.54, 1.807) is 0 Å². The lowest BCUT2D eigenvalue weighted by Gasteiger charge is -2.21. The van der Waals surface area contributed by atoms with Crippen molar-refractivity contribution in [1.29, 1.82) is 0 Å². The van der Waals surface area contributed by atoms with Gasteiger partial charge in [0.15, 0.2) is 12.2 Å². The van der Waals surface area contributed by atoms with Gasteiger partial charge in [-0.2, -0.15) is 0 Å². The van der Waals surface area contributed by atoms with Gasteiger partial charge in [-0.25, -0.2) is 9.13 Å². The van der Waals surface area contributed by atoms with Crippen molar-refractivity contribution >= 4 is 39.5 Å². The van der Waals surface area contributed by atoms with Crippen molar-refractivity contribution in [2.75, 3.05) is 39.6 Å². The molecule has 3 unspecified atom stereocenters. The van der Waals surface area contributed by atoms with Crippen LogP contribution in [-0.2, 0) is 65.4 Å². The number of ether oxygens (including phenoxy) is 4. The Morgan fingerprint density at radius 2 is 0.494 bits per heavy atom. The van der Waals surface area contributed by atoms with Crippen molar-refractivity contribution < 1.29 is 80.2 Å². The highest BCUT2D eigenvalue weighted by atomic mass is 31.2. The first-order valence-corrected chi connectivity index (χ1v) is 37.2. The Bertz CT molecular complexity index is 1700. The second-order valence-electron chi connectivity index (χ2n) is 25.8. The van der Waals surface area contributed by atoms with E-state index in [1.165, 1.54) is 109 Å². The molecule has 0 radical (unpaired) electrons. The number of aliphatic hydroxyl groups is 1. The molecule has 0 amide bonds. The first-order valence-electron chi connectivity index (χ1n) is 34.2. The van der Waals surface area contributed by atoms with Gasteiger partial charge in [0.05, 0.1) is 26.4 Å². The summed E-state index contributed by atoms with van der Waals surface area (Å²) < 4.78 is 68.1. The van der Waals surface area contributed by atoms with Crippen LogP contribution in [0, 0.1) is 23.7 Å². The Morgan fingerprint density at radius 3 is 0.729 bits per heavy atom. The number of phosphoric acid groups is 2. The maximum atomic E-state index is 13.0. The van der Waals surface area contributed by atoms with Gasteiger partial charge in [-0.3, -0.25) is 37.3 Å². The highest BCUT2D eigenvalue weighted by Gasteiger charge is 2.30. The van der Waals surface area contributed by atoms with Crippen molar-refractivity contribution in [3.8, 4) is 0 Å². The summed E-state index contributed by atoms with van der Waals surface area (Å²) in [5.74, 6) is 0.751. The van der Waals surface area contributed by atoms with Crippen LogP contribution in [0.5, 0.6) is 0 Å². The summed E-state index contributed by atoms with van der Waals surface area (Å²) in [6, 6.07) is 0. The van der Waals surface area contributed by atoms with Crippen LogP contribution in [0.3, 0.4) is 0 Å². The van der Waals surface area contributed by atoms with Crippen molar-refractivity contribution in [3.63, 3.8) is 0 Å². The largest absolute Gasteiger partial charge is 0.472 e. The highest BCUT2D eigenvalue weighted by Crippen LogP contribution is 2.45. The highest BCUT2D eigenvalue weighted by molar-refractivity contribution is 7.47. The number of carbonyl (C=O) groups is 4. The number of hydrogen-bond donors (Lipinski definition) is 3. The van der Waals surface area contributed by atoms with Crippen LogP contribution in [-0.4, -0.2) is 96.7 Å². The smallest absolute Gasteiger partial charge is 0.462 e. The minimum atomic E-state index is -4.95. The Labute approximate surface area is 517 Å². The molecule has 0 spiro atoms. The molecule has 0 aliphatic rings. The van der Waals surface area contributed by atoms with Gasteiger partial charge in [-0.1, -0.05) is 267 Å². The lowest BCUT2D eigenvalue weighted by atomic mass is 10.0. The van der Waals surface area contributed by atoms with Crippen LogP contribution >= 0.6 is 15.6 Å². The molecule has 85 heavy (non-hydrogen) atoms. The molecule has 0 rings (SSSR count). The lowest BCUT2D eigenvalue weighted by molar-refractivity contribution is -0.161. The molecule has 17 nitrogen and oxygen atoms in total. The molecule has 0 fully saturated rings. The molecule has 0 saturated carbocycles. The predicted molar refractivity (Wildman–Crippen MR) is 340 cm³/mol. The number of aliphatic hydroxyl groups excluding tert-OH is 1. The fraction of sp³-hybridized carbons (Fsp3) is 0.939. The monoisotopic (exact) mass is 1250 g/mol. The Hall–Kier alpha value is -1.94. The molecular formula is C66H128O17P2. The van der Waals surface area contributed by atoms with E-state index in [0.717, 1.165) is 115 Å². The first kappa shape index (κ1) is 83.1. The van der Waals surface area contributed by atoms with Crippen LogP contribution in [0.1, 0.15) is 319 Å². The van der Waals surface area contributed by atoms with Gasteiger partial charge in [0.2, 0.25) is 0 Å². The van der Waals surface area contributed by atoms with Gasteiger partial charge < -0.3 is 33.8 Å². The van der Waals surface area contributed by atoms with Crippen LogP contribution < -0.4 is 0 Å². The number of esters is 4. The second kappa shape index (κ2) is 56.1. The maximum absolute atomic E-state index is 13.0. The SMILES string of the molecule is CC(C)CCCCCCCCCCCCC(=O)O[C@H](COC(=O)CCCCCCCCCC(C)C)COP(=O)(O)OCC(O)COP(=O)(O)OC[C@@H](COC(=O)CCCCCCCCC(C)C)OC(=O)CCCCCCCCCCCCC(C)C. The molecule has 0 saturated heterocycles. The summed E-state index contributed by atoms with van der Waals surface area (Å²) in [6.07, 6.45) is 36.4. The summed E-state index contributed by atoms with van der Waals surface area (Å²) in [7, 11) is -9.89. The van der Waals surface area contributed by atoms with E-state index in [9.17, 15) is 43.2 Å². The zero-order valence-corrected chi connectivity index (χ0v) is 57.0. The van der Waals surface area contributed by atoms with E-state index in [4.69, 9.17) is 37.0 Å². The third-order valence-electron chi connectivity index (χ3n) is 15.1. The summed E-state index contributed by atoms with van der Waals surface area (Å²) >= 11 is 0. The van der Waals surface area contributed by atoms with Gasteiger partial charge in [-0.05, 0) is 49.4 Å². The Balaban J connectivity index is 5.25. The molecule has 0 aliphatic carbocycles. The van der Waals surface area contributed by atoms with E-state index in [-0.39, 0.29) is 25.7 Å². The number of rotatable bonds is 63. The van der Waals surface area contributed by atoms with E-state index in [1.807, 2.05) is 0 Å². The van der Waals surface area contributed by atoms with Crippen LogP contribution in [0.2, 0.25) is 0 Å². The Kier molecular flexibility index (Phi) is 54.8. The summed E-state index contributed by atoms with van der Waals surface area (Å²) in [5, 5.41) is 10.5. The third kappa shape index (κ3) is 60.7. The summed E-state index contributed by atoms with van der Waals surface area (Å²) in [6.45, 7) is 14.0. The van der Waals surface area contributed by atoms with Crippen molar-refractivity contribution in [2.45, 2.75) is 337 Å². The van der Waals surface area contributed by atoms with E-state index >= 15 is 0 Å². The third-order valence-corrected chi connectivity index (χ3v) is 17.0. The molecule has 3 N–H and O–H groups in total. The molecule has 0 aromatic carbocycles. The van der Waals surface area contributed by atoms with E-state index < -0.39 is 97.5 Å². The van der Waals surface area contributed by atoms with Gasteiger partial charge in [-0.15, -0.1) is 0 Å². The van der Waals surface area contributed by atoms with E-state index in [2.05, 4.69) is 55.4 Å². The average molecular weight is 1260 g/mol. The number of carbonyl (C=O) groups excluding carboxylic acids is 4. The molecule has 5 atom stereocenters. The van der Waals surface area contributed by atoms with Gasteiger partial charge in [0, 0.05) is 25.7 Å². The van der Waals surface area contributed by atoms with Crippen molar-refractivity contribution in [1.82, 2.24) is 0 Å². The second-order valence-corrected chi connectivity index (χ2v) is 28.7. The van der Waals surface area contributed by atoms with Crippen molar-refractivity contribution in [2.24, 2.45) is 23.7 Å². The fourth-order valence-corrected chi connectivity index (χ4v) is 11.4. The number of unbranched alkanes of at least 4 members (excludes halogenated alkanes) is 29. The molecule has 19 heteroatoms. The molecule has 0 aromatic heterocycles. The van der Waals surface area contributed by atoms with Crippen molar-refractivity contribution in [3.05, 3.63) is 0 Å². The predicted octanol–water partition coefficient (Wildman–Crippen LogP) is 18.1. The Morgan fingerprint density at radius 1 is 0.294 bits per heavy atom. The number of hydrogen-bond acceptors (Lipinski definition) is 15. The fourth-order valence-electron chi connectivity index (χ4n) is 9.78. The molecule has 504 valence electrons. The van der Waals surface area contributed by atoms with Gasteiger partial charge in [0.25, 0.3) is 0 Å². The van der Waals surface area contributed by atoms with Gasteiger partial charge in [0.1, 0.15) is 19.3 Å². The minimum Gasteiger partial charge on any atom is -0.462 e. The normalized spacial score (nSPS) is 14.4. The lowest BCUT2D eigenvalue weighted by Crippen LogP contribution is -2.30. The van der Waals surface area contributed by atoms with Crippen LogP contribution in [0.25, 0.3) is 0 Å². The van der Waals surface area contributed by atoms with Crippen LogP contribution in [0.15, 0.2) is 0 Å². The quantitative estimate of drug-likeness (QED) is 0.0222. The molecule has 0 heterocycles. The molecule has 0 aliphatic heterocycles. The van der Waals surface area contributed by atoms with Gasteiger partial charge >= 0.3 is 39.5 Å². The molecule has 0 aromatic rings. The topological polar surface area (TPSA) is 237 Å². The molecular weight excluding hydrogens is 1130 g/mol. The zero-order chi connectivity index (χ0) is 63.2. The summed E-state index contributed by atoms with van der Waals surface area (Å²) in [4.78, 5) is 72.3. The number of phosphoric ester groups is 2. The molecule has 0 bridgehead atoms. The standard InChI is InChI=1S/C66H128O17P2/c1-56(2)42-34-26-18-13-9-11-15-21-32-40-48-65(70)82-61(52-76-63(68)46-38-30-23-17-20-28-36-44-58(5)6)54-80-84(72,73)78-50-60(67)51-79-85(74,75)81-55-62(53-77-64(69)47-39-31-25-24-29-37-45-59(7)8)83-66(71)49-41-33-22-16-12-10-14-19-27-35-43-57(3)4/h56-62,67H,9-55H2,1-8H3,(H,72,73)(H,74,75)/t60?,61-,62-/m1/s1. The van der Waals surface area contributed by atoms with E-state index in [0.29, 0.717) is 37.5 Å².